The summed E-state index contributed by atoms with van der Waals surface area (Å²) >= 11 is 0. The van der Waals surface area contributed by atoms with Crippen molar-refractivity contribution < 1.29 is 9.59 Å². The van der Waals surface area contributed by atoms with E-state index in [0.717, 1.165) is 29.3 Å². The minimum absolute atomic E-state index is 0.0655. The fraction of sp³-hybridized carbons (Fsp3) is 0.421. The number of amides is 2. The summed E-state index contributed by atoms with van der Waals surface area (Å²) in [5.41, 5.74) is 3.55. The van der Waals surface area contributed by atoms with Crippen LogP contribution in [0.1, 0.15) is 46.2 Å². The van der Waals surface area contributed by atoms with E-state index in [2.05, 4.69) is 21.8 Å². The molecule has 1 aromatic heterocycles. The number of aromatic nitrogens is 2. The number of rotatable bonds is 5. The van der Waals surface area contributed by atoms with Gasteiger partial charge in [0.05, 0.1) is 6.42 Å². The Morgan fingerprint density at radius 2 is 2.16 bits per heavy atom. The van der Waals surface area contributed by atoms with Crippen LogP contribution < -0.4 is 10.2 Å². The van der Waals surface area contributed by atoms with Crippen molar-refractivity contribution in [2.45, 2.75) is 38.6 Å². The highest BCUT2D eigenvalue weighted by Crippen LogP contribution is 2.39. The van der Waals surface area contributed by atoms with Gasteiger partial charge in [-0.3, -0.25) is 9.59 Å². The van der Waals surface area contributed by atoms with E-state index in [1.165, 1.54) is 12.8 Å². The number of aryl methyl sites for hydroxylation is 1. The molecule has 2 heterocycles. The summed E-state index contributed by atoms with van der Waals surface area (Å²) < 4.78 is 2.20. The van der Waals surface area contributed by atoms with Gasteiger partial charge in [-0.2, -0.15) is 0 Å². The minimum atomic E-state index is -0.101. The highest BCUT2D eigenvalue weighted by molar-refractivity contribution is 6.03. The van der Waals surface area contributed by atoms with Gasteiger partial charge < -0.3 is 14.8 Å². The fourth-order valence-electron chi connectivity index (χ4n) is 3.43. The number of nitrogens with zero attached hydrogens (tertiary/aromatic N) is 3. The third kappa shape index (κ3) is 2.92. The lowest BCUT2D eigenvalue weighted by Crippen LogP contribution is -2.28. The number of carbonyl (C=O) groups is 2. The van der Waals surface area contributed by atoms with Crippen molar-refractivity contribution in [3.63, 3.8) is 0 Å². The van der Waals surface area contributed by atoms with Crippen molar-refractivity contribution in [3.05, 3.63) is 47.0 Å². The lowest BCUT2D eigenvalue weighted by atomic mass is 10.1. The first-order valence-corrected chi connectivity index (χ1v) is 8.74. The average molecular weight is 338 g/mol. The zero-order valence-corrected chi connectivity index (χ0v) is 14.6. The topological polar surface area (TPSA) is 67.2 Å². The number of nitrogens with one attached hydrogen (secondary N) is 1. The minimum Gasteiger partial charge on any atom is -0.350 e. The zero-order valence-electron chi connectivity index (χ0n) is 14.6. The van der Waals surface area contributed by atoms with Crippen molar-refractivity contribution in [2.24, 2.45) is 0 Å². The Morgan fingerprint density at radius 3 is 2.92 bits per heavy atom. The van der Waals surface area contributed by atoms with Gasteiger partial charge in [0.2, 0.25) is 5.91 Å². The maximum atomic E-state index is 12.4. The van der Waals surface area contributed by atoms with Crippen molar-refractivity contribution >= 4 is 17.5 Å². The van der Waals surface area contributed by atoms with E-state index in [4.69, 9.17) is 0 Å². The number of anilines is 1. The van der Waals surface area contributed by atoms with E-state index in [1.807, 2.05) is 18.3 Å². The molecule has 25 heavy (non-hydrogen) atoms. The monoisotopic (exact) mass is 338 g/mol. The van der Waals surface area contributed by atoms with Crippen LogP contribution in [0.3, 0.4) is 0 Å². The maximum Gasteiger partial charge on any atom is 0.251 e. The van der Waals surface area contributed by atoms with E-state index in [-0.39, 0.29) is 11.8 Å². The number of likely N-dealkylation sites (N-methyl/N-ethyl adjacent to an activating group) is 1. The predicted octanol–water partition coefficient (Wildman–Crippen LogP) is 2.02. The van der Waals surface area contributed by atoms with Crippen LogP contribution >= 0.6 is 0 Å². The van der Waals surface area contributed by atoms with Gasteiger partial charge in [0, 0.05) is 49.2 Å². The lowest BCUT2D eigenvalue weighted by Gasteiger charge is -2.12. The second kappa shape index (κ2) is 6.02. The molecule has 1 aromatic carbocycles. The van der Waals surface area contributed by atoms with Gasteiger partial charge in [-0.15, -0.1) is 0 Å². The summed E-state index contributed by atoms with van der Waals surface area (Å²) in [5.74, 6) is 1.70. The average Bonchev–Trinajstić information content (AvgIpc) is 3.32. The van der Waals surface area contributed by atoms with Gasteiger partial charge in [-0.05, 0) is 43.5 Å². The van der Waals surface area contributed by atoms with Crippen LogP contribution in [0.5, 0.6) is 0 Å². The molecule has 2 aromatic rings. The molecule has 2 amide bonds. The Balaban J connectivity index is 1.39. The second-order valence-corrected chi connectivity index (χ2v) is 6.91. The lowest BCUT2D eigenvalue weighted by molar-refractivity contribution is -0.117. The van der Waals surface area contributed by atoms with Crippen LogP contribution in [-0.2, 0) is 17.8 Å². The Morgan fingerprint density at radius 1 is 1.36 bits per heavy atom. The van der Waals surface area contributed by atoms with Crippen LogP contribution in [0.25, 0.3) is 0 Å². The van der Waals surface area contributed by atoms with Gasteiger partial charge in [0.25, 0.3) is 5.91 Å². The Bertz CT molecular complexity index is 851. The van der Waals surface area contributed by atoms with Gasteiger partial charge >= 0.3 is 0 Å². The number of fused-ring (bicyclic) bond motifs is 1. The molecule has 1 aliphatic heterocycles. The molecular formula is C19H22N4O2. The van der Waals surface area contributed by atoms with Crippen LogP contribution in [0.4, 0.5) is 5.69 Å². The third-order valence-electron chi connectivity index (χ3n) is 5.07. The summed E-state index contributed by atoms with van der Waals surface area (Å²) in [6, 6.07) is 5.45. The van der Waals surface area contributed by atoms with E-state index < -0.39 is 0 Å². The number of imidazole rings is 1. The quantitative estimate of drug-likeness (QED) is 0.907. The molecule has 1 fully saturated rings. The molecule has 4 rings (SSSR count). The zero-order chi connectivity index (χ0) is 17.6. The maximum absolute atomic E-state index is 12.4. The summed E-state index contributed by atoms with van der Waals surface area (Å²) in [7, 11) is 1.76. The highest BCUT2D eigenvalue weighted by atomic mass is 16.2. The largest absolute Gasteiger partial charge is 0.350 e. The van der Waals surface area contributed by atoms with Gasteiger partial charge in [0.1, 0.15) is 5.82 Å². The van der Waals surface area contributed by atoms with Crippen LogP contribution in [0.2, 0.25) is 0 Å². The molecule has 6 nitrogen and oxygen atoms in total. The summed E-state index contributed by atoms with van der Waals surface area (Å²) in [6.45, 7) is 3.34. The molecule has 0 unspecified atom stereocenters. The van der Waals surface area contributed by atoms with Gasteiger partial charge in [-0.1, -0.05) is 0 Å². The van der Waals surface area contributed by atoms with Crippen molar-refractivity contribution in [3.8, 4) is 0 Å². The number of hydrogen-bond acceptors (Lipinski definition) is 3. The van der Waals surface area contributed by atoms with Crippen molar-refractivity contribution in [2.75, 3.05) is 18.5 Å². The molecule has 0 radical (unpaired) electrons. The molecule has 2 aliphatic rings. The van der Waals surface area contributed by atoms with Gasteiger partial charge in [0.15, 0.2) is 0 Å². The molecule has 6 heteroatoms. The second-order valence-electron chi connectivity index (χ2n) is 6.91. The first kappa shape index (κ1) is 15.9. The highest BCUT2D eigenvalue weighted by Gasteiger charge is 2.28. The number of hydrogen-bond donors (Lipinski definition) is 1. The summed E-state index contributed by atoms with van der Waals surface area (Å²) in [6.07, 6.45) is 4.70. The third-order valence-corrected chi connectivity index (χ3v) is 5.07. The molecule has 1 aliphatic carbocycles. The van der Waals surface area contributed by atoms with Crippen LogP contribution in [0, 0.1) is 6.92 Å². The van der Waals surface area contributed by atoms with E-state index >= 15 is 0 Å². The molecule has 130 valence electrons. The predicted molar refractivity (Wildman–Crippen MR) is 94.8 cm³/mol. The standard InChI is InChI=1S/C19H22N4O2/c1-12-11-21-18(13-3-4-13)23(12)8-7-20-19(25)14-5-6-16-15(9-14)10-17(24)22(16)2/h5-6,9,11,13H,3-4,7-8,10H2,1-2H3,(H,20,25). The van der Waals surface area contributed by atoms with E-state index in [9.17, 15) is 9.59 Å². The van der Waals surface area contributed by atoms with E-state index in [0.29, 0.717) is 24.4 Å². The molecule has 1 N–H and O–H groups in total. The van der Waals surface area contributed by atoms with Crippen LogP contribution in [-0.4, -0.2) is 35.0 Å². The fourth-order valence-corrected chi connectivity index (χ4v) is 3.43. The molecule has 0 atom stereocenters. The SMILES string of the molecule is Cc1cnc(C2CC2)n1CCNC(=O)c1ccc2c(c1)CC(=O)N2C. The van der Waals surface area contributed by atoms with E-state index in [1.54, 1.807) is 18.0 Å². The molecule has 0 saturated heterocycles. The Hall–Kier alpha value is -2.63. The van der Waals surface area contributed by atoms with Crippen LogP contribution in [0.15, 0.2) is 24.4 Å². The number of benzene rings is 1. The molecule has 0 spiro atoms. The Labute approximate surface area is 146 Å². The van der Waals surface area contributed by atoms with Crippen molar-refractivity contribution in [1.82, 2.24) is 14.9 Å². The first-order valence-electron chi connectivity index (χ1n) is 8.74. The summed E-state index contributed by atoms with van der Waals surface area (Å²) in [4.78, 5) is 30.3. The summed E-state index contributed by atoms with van der Waals surface area (Å²) in [5, 5.41) is 2.98. The number of carbonyl (C=O) groups excluding carboxylic acids is 2. The van der Waals surface area contributed by atoms with Crippen molar-refractivity contribution in [1.29, 1.82) is 0 Å². The van der Waals surface area contributed by atoms with Gasteiger partial charge in [-0.25, -0.2) is 4.98 Å². The normalized spacial score (nSPS) is 16.2. The molecular weight excluding hydrogens is 316 g/mol. The molecule has 1 saturated carbocycles. The first-order chi connectivity index (χ1) is 12.0. The Kier molecular flexibility index (Phi) is 3.82. The molecule has 0 bridgehead atoms. The smallest absolute Gasteiger partial charge is 0.251 e.